The molecule has 1 aromatic carbocycles. The molecule has 208 valence electrons. The van der Waals surface area contributed by atoms with Crippen molar-refractivity contribution in [2.24, 2.45) is 0 Å². The van der Waals surface area contributed by atoms with Gasteiger partial charge < -0.3 is 34.2 Å². The molecule has 0 unspecified atom stereocenters. The minimum absolute atomic E-state index is 0.0470. The summed E-state index contributed by atoms with van der Waals surface area (Å²) >= 11 is 0. The van der Waals surface area contributed by atoms with Crippen molar-refractivity contribution in [3.05, 3.63) is 35.9 Å². The van der Waals surface area contributed by atoms with Gasteiger partial charge >= 0.3 is 11.9 Å². The summed E-state index contributed by atoms with van der Waals surface area (Å²) in [5, 5.41) is 15.6. The van der Waals surface area contributed by atoms with E-state index in [4.69, 9.17) is 24.4 Å². The second kappa shape index (κ2) is 15.3. The van der Waals surface area contributed by atoms with Crippen LogP contribution >= 0.6 is 0 Å². The molecular formula is C26H35N3O9. The zero-order valence-electron chi connectivity index (χ0n) is 21.9. The molecule has 2 aliphatic heterocycles. The van der Waals surface area contributed by atoms with Gasteiger partial charge in [0.25, 0.3) is 0 Å². The lowest BCUT2D eigenvalue weighted by atomic mass is 10.1. The molecule has 0 spiro atoms. The van der Waals surface area contributed by atoms with E-state index in [1.165, 1.54) is 0 Å². The third-order valence-corrected chi connectivity index (χ3v) is 5.98. The lowest BCUT2D eigenvalue weighted by Crippen LogP contribution is -2.51. The Balaban J connectivity index is 0.000000550. The summed E-state index contributed by atoms with van der Waals surface area (Å²) in [6.45, 7) is 4.86. The SMILES string of the molecule is COc1cc(C=CC(=O)N2CCN(CC(=O)N3CCCC3)CC2)cc(OC)c1OC.O=C(O)/C=C\C(=O)O. The van der Waals surface area contributed by atoms with Crippen LogP contribution in [-0.2, 0) is 19.2 Å². The normalized spacial score (nSPS) is 15.8. The molecule has 12 heteroatoms. The summed E-state index contributed by atoms with van der Waals surface area (Å²) in [5.41, 5.74) is 0.785. The van der Waals surface area contributed by atoms with Gasteiger partial charge in [0.1, 0.15) is 0 Å². The minimum atomic E-state index is -1.26. The molecule has 2 aliphatic rings. The molecule has 0 radical (unpaired) electrons. The quantitative estimate of drug-likeness (QED) is 0.444. The van der Waals surface area contributed by atoms with E-state index in [-0.39, 0.29) is 11.8 Å². The maximum Gasteiger partial charge on any atom is 0.328 e. The highest BCUT2D eigenvalue weighted by molar-refractivity contribution is 5.92. The number of methoxy groups -OCH3 is 3. The van der Waals surface area contributed by atoms with Gasteiger partial charge in [0, 0.05) is 57.5 Å². The van der Waals surface area contributed by atoms with Crippen molar-refractivity contribution in [2.75, 3.05) is 67.1 Å². The van der Waals surface area contributed by atoms with Gasteiger partial charge in [-0.1, -0.05) is 0 Å². The summed E-state index contributed by atoms with van der Waals surface area (Å²) in [6, 6.07) is 3.60. The molecule has 38 heavy (non-hydrogen) atoms. The van der Waals surface area contributed by atoms with E-state index >= 15 is 0 Å². The number of hydrogen-bond acceptors (Lipinski definition) is 8. The molecule has 0 bridgehead atoms. The summed E-state index contributed by atoms with van der Waals surface area (Å²) in [7, 11) is 4.67. The molecular weight excluding hydrogens is 498 g/mol. The van der Waals surface area contributed by atoms with E-state index < -0.39 is 11.9 Å². The van der Waals surface area contributed by atoms with E-state index in [2.05, 4.69) is 4.90 Å². The van der Waals surface area contributed by atoms with Crippen LogP contribution in [0.3, 0.4) is 0 Å². The number of carbonyl (C=O) groups is 4. The highest BCUT2D eigenvalue weighted by Crippen LogP contribution is 2.38. The van der Waals surface area contributed by atoms with E-state index in [0.29, 0.717) is 62.1 Å². The van der Waals surface area contributed by atoms with Crippen LogP contribution in [0.1, 0.15) is 18.4 Å². The topological polar surface area (TPSA) is 146 Å². The van der Waals surface area contributed by atoms with Gasteiger partial charge in [-0.05, 0) is 36.6 Å². The van der Waals surface area contributed by atoms with Crippen LogP contribution in [0.5, 0.6) is 17.2 Å². The second-order valence-electron chi connectivity index (χ2n) is 8.49. The van der Waals surface area contributed by atoms with Gasteiger partial charge in [0.2, 0.25) is 17.6 Å². The smallest absolute Gasteiger partial charge is 0.328 e. The molecule has 0 saturated carbocycles. The van der Waals surface area contributed by atoms with Gasteiger partial charge in [-0.25, -0.2) is 9.59 Å². The number of rotatable bonds is 9. The van der Waals surface area contributed by atoms with Gasteiger partial charge in [-0.2, -0.15) is 0 Å². The first-order valence-electron chi connectivity index (χ1n) is 12.1. The molecule has 0 aliphatic carbocycles. The minimum Gasteiger partial charge on any atom is -0.493 e. The Morgan fingerprint density at radius 2 is 1.29 bits per heavy atom. The molecule has 2 amide bonds. The van der Waals surface area contributed by atoms with Crippen molar-refractivity contribution in [2.45, 2.75) is 12.8 Å². The van der Waals surface area contributed by atoms with E-state index in [0.717, 1.165) is 31.5 Å². The fourth-order valence-electron chi connectivity index (χ4n) is 4.00. The predicted molar refractivity (Wildman–Crippen MR) is 138 cm³/mol. The van der Waals surface area contributed by atoms with E-state index in [1.807, 2.05) is 9.80 Å². The second-order valence-corrected chi connectivity index (χ2v) is 8.49. The first-order valence-corrected chi connectivity index (χ1v) is 12.1. The molecule has 2 heterocycles. The molecule has 1 aromatic rings. The third kappa shape index (κ3) is 9.43. The molecule has 0 atom stereocenters. The van der Waals surface area contributed by atoms with Crippen LogP contribution in [0, 0.1) is 0 Å². The van der Waals surface area contributed by atoms with Crippen LogP contribution < -0.4 is 14.2 Å². The van der Waals surface area contributed by atoms with Crippen molar-refractivity contribution in [3.63, 3.8) is 0 Å². The van der Waals surface area contributed by atoms with Crippen LogP contribution in [0.15, 0.2) is 30.4 Å². The zero-order chi connectivity index (χ0) is 28.1. The Morgan fingerprint density at radius 3 is 1.74 bits per heavy atom. The average Bonchev–Trinajstić information content (AvgIpc) is 3.46. The van der Waals surface area contributed by atoms with Crippen molar-refractivity contribution >= 4 is 29.8 Å². The predicted octanol–water partition coefficient (Wildman–Crippen LogP) is 1.20. The van der Waals surface area contributed by atoms with Crippen LogP contribution in [0.25, 0.3) is 6.08 Å². The Morgan fingerprint density at radius 1 is 0.763 bits per heavy atom. The molecule has 3 rings (SSSR count). The number of ether oxygens (including phenoxy) is 3. The highest BCUT2D eigenvalue weighted by Gasteiger charge is 2.24. The van der Waals surface area contributed by atoms with Crippen molar-refractivity contribution < 1.29 is 43.6 Å². The Kier molecular flexibility index (Phi) is 12.1. The number of amides is 2. The number of likely N-dealkylation sites (tertiary alicyclic amines) is 1. The van der Waals surface area contributed by atoms with Crippen LogP contribution in [0.4, 0.5) is 0 Å². The lowest BCUT2D eigenvalue weighted by Gasteiger charge is -2.34. The molecule has 12 nitrogen and oxygen atoms in total. The largest absolute Gasteiger partial charge is 0.493 e. The average molecular weight is 534 g/mol. The summed E-state index contributed by atoms with van der Waals surface area (Å²) in [6.07, 6.45) is 6.63. The molecule has 2 fully saturated rings. The third-order valence-electron chi connectivity index (χ3n) is 5.98. The number of carboxylic acids is 2. The fraction of sp³-hybridized carbons (Fsp3) is 0.462. The van der Waals surface area contributed by atoms with E-state index in [9.17, 15) is 19.2 Å². The monoisotopic (exact) mass is 533 g/mol. The number of piperazine rings is 1. The zero-order valence-corrected chi connectivity index (χ0v) is 21.9. The number of nitrogens with zero attached hydrogens (tertiary/aromatic N) is 3. The van der Waals surface area contributed by atoms with Crippen molar-refractivity contribution in [3.8, 4) is 17.2 Å². The van der Waals surface area contributed by atoms with Crippen LogP contribution in [0.2, 0.25) is 0 Å². The Labute approximate surface area is 221 Å². The van der Waals surface area contributed by atoms with Crippen LogP contribution in [-0.4, -0.2) is 116 Å². The van der Waals surface area contributed by atoms with Crippen molar-refractivity contribution in [1.29, 1.82) is 0 Å². The van der Waals surface area contributed by atoms with E-state index in [1.54, 1.807) is 45.6 Å². The van der Waals surface area contributed by atoms with Gasteiger partial charge in [-0.3, -0.25) is 14.5 Å². The van der Waals surface area contributed by atoms with Gasteiger partial charge in [0.15, 0.2) is 11.5 Å². The Bertz CT molecular complexity index is 999. The lowest BCUT2D eigenvalue weighted by molar-refractivity contribution is -0.134. The molecule has 2 N–H and O–H groups in total. The summed E-state index contributed by atoms with van der Waals surface area (Å²) in [5.74, 6) is -0.757. The maximum atomic E-state index is 12.6. The first kappa shape index (κ1) is 30.2. The fourth-order valence-corrected chi connectivity index (χ4v) is 4.00. The molecule has 2 saturated heterocycles. The summed E-state index contributed by atoms with van der Waals surface area (Å²) in [4.78, 5) is 49.9. The maximum absolute atomic E-state index is 12.6. The van der Waals surface area contributed by atoms with Gasteiger partial charge in [0.05, 0.1) is 27.9 Å². The Hall–Kier alpha value is -4.06. The van der Waals surface area contributed by atoms with Crippen molar-refractivity contribution in [1.82, 2.24) is 14.7 Å². The highest BCUT2D eigenvalue weighted by atomic mass is 16.5. The van der Waals surface area contributed by atoms with Gasteiger partial charge in [-0.15, -0.1) is 0 Å². The number of hydrogen-bond donors (Lipinski definition) is 2. The first-order chi connectivity index (χ1) is 18.2. The number of benzene rings is 1. The number of aliphatic carboxylic acids is 2. The number of carbonyl (C=O) groups excluding carboxylic acids is 2. The number of carboxylic acid groups (broad SMARTS) is 2. The standard InChI is InChI=1S/C22H31N3O5.C4H4O4/c1-28-18-14-17(15-19(29-2)22(18)30-3)6-7-20(26)25-12-10-23(11-13-25)16-21(27)24-8-4-5-9-24;5-3(6)1-2-4(7)8/h6-7,14-15H,4-5,8-13,16H2,1-3H3;1-2H,(H,5,6)(H,7,8)/b;2-1-. The summed E-state index contributed by atoms with van der Waals surface area (Å²) < 4.78 is 16.0. The molecule has 0 aromatic heterocycles.